The van der Waals surface area contributed by atoms with Crippen molar-refractivity contribution < 1.29 is 9.72 Å². The second-order valence-electron chi connectivity index (χ2n) is 5.48. The van der Waals surface area contributed by atoms with Gasteiger partial charge in [-0.2, -0.15) is 9.78 Å². The van der Waals surface area contributed by atoms with Gasteiger partial charge >= 0.3 is 5.82 Å². The number of amides is 1. The molecule has 0 aliphatic rings. The third-order valence-corrected chi connectivity index (χ3v) is 5.31. The van der Waals surface area contributed by atoms with Gasteiger partial charge in [-0.1, -0.05) is 0 Å². The third-order valence-electron chi connectivity index (χ3n) is 3.60. The first-order valence-electron chi connectivity index (χ1n) is 7.63. The van der Waals surface area contributed by atoms with E-state index >= 15 is 0 Å². The summed E-state index contributed by atoms with van der Waals surface area (Å²) in [6, 6.07) is 0. The van der Waals surface area contributed by atoms with Crippen LogP contribution in [-0.2, 0) is 17.9 Å². The minimum absolute atomic E-state index is 0.121. The fraction of sp³-hybridized carbons (Fsp3) is 0.500. The number of hydrogen-bond donors (Lipinski definition) is 1. The van der Waals surface area contributed by atoms with Crippen LogP contribution in [0.15, 0.2) is 15.1 Å². The van der Waals surface area contributed by atoms with Gasteiger partial charge in [0.05, 0.1) is 28.0 Å². The van der Waals surface area contributed by atoms with E-state index < -0.39 is 4.92 Å². The van der Waals surface area contributed by atoms with E-state index in [1.54, 1.807) is 0 Å². The molecule has 0 saturated carbocycles. The zero-order chi connectivity index (χ0) is 18.6. The average Bonchev–Trinajstić information content (AvgIpc) is 3.05. The Hall–Kier alpha value is -1.75. The Bertz CT molecular complexity index is 786. The van der Waals surface area contributed by atoms with Crippen LogP contribution in [0, 0.1) is 24.0 Å². The van der Waals surface area contributed by atoms with Gasteiger partial charge in [0.25, 0.3) is 0 Å². The van der Waals surface area contributed by atoms with Crippen molar-refractivity contribution in [3.05, 3.63) is 36.6 Å². The predicted molar refractivity (Wildman–Crippen MR) is 98.2 cm³/mol. The molecule has 0 aromatic carbocycles. The number of carbonyl (C=O) groups is 1. The first kappa shape index (κ1) is 19.6. The maximum absolute atomic E-state index is 11.9. The summed E-state index contributed by atoms with van der Waals surface area (Å²) in [5.74, 6) is -0.375. The lowest BCUT2D eigenvalue weighted by Crippen LogP contribution is -2.26. The summed E-state index contributed by atoms with van der Waals surface area (Å²) in [5, 5.41) is 21.8. The van der Waals surface area contributed by atoms with Crippen molar-refractivity contribution in [1.29, 1.82) is 0 Å². The Balaban J connectivity index is 1.71. The van der Waals surface area contributed by atoms with E-state index in [0.29, 0.717) is 11.0 Å². The monoisotopic (exact) mass is 476 g/mol. The highest BCUT2D eigenvalue weighted by Crippen LogP contribution is 2.22. The van der Waals surface area contributed by atoms with Crippen LogP contribution >= 0.6 is 31.9 Å². The molecule has 1 amide bonds. The molecule has 0 bridgehead atoms. The number of aryl methyl sites for hydroxylation is 3. The second-order valence-corrected chi connectivity index (χ2v) is 7.13. The highest BCUT2D eigenvalue weighted by Gasteiger charge is 2.18. The number of nitrogens with zero attached hydrogens (tertiary/aromatic N) is 5. The largest absolute Gasteiger partial charge is 0.404 e. The molecule has 0 aliphatic carbocycles. The van der Waals surface area contributed by atoms with Gasteiger partial charge in [0.15, 0.2) is 0 Å². The van der Waals surface area contributed by atoms with Gasteiger partial charge in [-0.25, -0.2) is 0 Å². The molecular formula is C14H18Br2N6O3. The highest BCUT2D eigenvalue weighted by molar-refractivity contribution is 9.11. The molecule has 0 aliphatic heterocycles. The van der Waals surface area contributed by atoms with E-state index in [1.807, 2.05) is 18.5 Å². The maximum Gasteiger partial charge on any atom is 0.404 e. The fourth-order valence-corrected chi connectivity index (χ4v) is 3.02. The molecule has 1 N–H and O–H groups in total. The Morgan fingerprint density at radius 3 is 2.60 bits per heavy atom. The average molecular weight is 478 g/mol. The maximum atomic E-state index is 11.9. The van der Waals surface area contributed by atoms with Gasteiger partial charge in [-0.05, 0) is 57.1 Å². The predicted octanol–water partition coefficient (Wildman–Crippen LogP) is 2.73. The molecule has 0 fully saturated rings. The van der Waals surface area contributed by atoms with Gasteiger partial charge in [0.1, 0.15) is 4.47 Å². The zero-order valence-electron chi connectivity index (χ0n) is 13.8. The molecule has 11 heteroatoms. The summed E-state index contributed by atoms with van der Waals surface area (Å²) in [6.07, 6.45) is 2.46. The van der Waals surface area contributed by atoms with Crippen molar-refractivity contribution >= 4 is 43.6 Å². The summed E-state index contributed by atoms with van der Waals surface area (Å²) in [6.45, 7) is 5.47. The molecule has 0 spiro atoms. The van der Waals surface area contributed by atoms with Crippen molar-refractivity contribution in [3.8, 4) is 0 Å². The molecule has 9 nitrogen and oxygen atoms in total. The molecule has 2 aromatic heterocycles. The number of carbonyl (C=O) groups excluding carboxylic acids is 1. The molecular weight excluding hydrogens is 460 g/mol. The van der Waals surface area contributed by atoms with E-state index in [0.717, 1.165) is 28.8 Å². The number of aromatic nitrogens is 4. The SMILES string of the molecule is Cc1nn(CCCNC(=O)CCn2cc(Br)c([N+](=O)[O-])n2)c(C)c1Br. The lowest BCUT2D eigenvalue weighted by atomic mass is 10.3. The van der Waals surface area contributed by atoms with E-state index in [4.69, 9.17) is 0 Å². The normalized spacial score (nSPS) is 10.9. The molecule has 25 heavy (non-hydrogen) atoms. The van der Waals surface area contributed by atoms with Crippen molar-refractivity contribution in [2.24, 2.45) is 0 Å². The minimum Gasteiger partial charge on any atom is -0.358 e. The van der Waals surface area contributed by atoms with Crippen LogP contribution in [0.3, 0.4) is 0 Å². The topological polar surface area (TPSA) is 108 Å². The Labute approximate surface area is 161 Å². The van der Waals surface area contributed by atoms with Crippen LogP contribution < -0.4 is 5.32 Å². The molecule has 0 saturated heterocycles. The zero-order valence-corrected chi connectivity index (χ0v) is 17.0. The number of hydrogen-bond acceptors (Lipinski definition) is 5. The summed E-state index contributed by atoms with van der Waals surface area (Å²) < 4.78 is 4.60. The summed E-state index contributed by atoms with van der Waals surface area (Å²) >= 11 is 6.56. The number of rotatable bonds is 8. The van der Waals surface area contributed by atoms with Gasteiger partial charge in [0.2, 0.25) is 5.91 Å². The smallest absolute Gasteiger partial charge is 0.358 e. The molecule has 2 rings (SSSR count). The molecule has 2 heterocycles. The molecule has 0 radical (unpaired) electrons. The van der Waals surface area contributed by atoms with Crippen LogP contribution in [-0.4, -0.2) is 36.9 Å². The number of nitrogens with one attached hydrogen (secondary N) is 1. The quantitative estimate of drug-likeness (QED) is 0.357. The fourth-order valence-electron chi connectivity index (χ4n) is 2.28. The summed E-state index contributed by atoms with van der Waals surface area (Å²) in [4.78, 5) is 22.0. The van der Waals surface area contributed by atoms with Crippen molar-refractivity contribution in [2.45, 2.75) is 39.8 Å². The number of halogens is 2. The lowest BCUT2D eigenvalue weighted by Gasteiger charge is -2.06. The molecule has 0 unspecified atom stereocenters. The van der Waals surface area contributed by atoms with Gasteiger partial charge in [-0.15, -0.1) is 0 Å². The van der Waals surface area contributed by atoms with Crippen LogP contribution in [0.5, 0.6) is 0 Å². The van der Waals surface area contributed by atoms with Gasteiger partial charge in [0, 0.05) is 25.2 Å². The standard InChI is InChI=1S/C14H18Br2N6O3/c1-9-13(16)10(2)21(18-9)6-3-5-17-12(23)4-7-20-8-11(15)14(19-20)22(24)25/h8H,3-7H2,1-2H3,(H,17,23). The van der Waals surface area contributed by atoms with E-state index in [-0.39, 0.29) is 24.7 Å². The molecule has 136 valence electrons. The Kier molecular flexibility index (Phi) is 6.71. The lowest BCUT2D eigenvalue weighted by molar-refractivity contribution is -0.390. The van der Waals surface area contributed by atoms with Crippen molar-refractivity contribution in [2.75, 3.05) is 6.54 Å². The van der Waals surface area contributed by atoms with E-state index in [9.17, 15) is 14.9 Å². The van der Waals surface area contributed by atoms with Crippen LogP contribution in [0.25, 0.3) is 0 Å². The van der Waals surface area contributed by atoms with Gasteiger partial charge in [-0.3, -0.25) is 9.48 Å². The van der Waals surface area contributed by atoms with Crippen LogP contribution in [0.2, 0.25) is 0 Å². The molecule has 2 aromatic rings. The van der Waals surface area contributed by atoms with Crippen LogP contribution in [0.1, 0.15) is 24.2 Å². The van der Waals surface area contributed by atoms with Crippen molar-refractivity contribution in [3.63, 3.8) is 0 Å². The summed E-state index contributed by atoms with van der Waals surface area (Å²) in [7, 11) is 0. The Morgan fingerprint density at radius 2 is 2.04 bits per heavy atom. The number of nitro groups is 1. The first-order valence-corrected chi connectivity index (χ1v) is 9.21. The second kappa shape index (κ2) is 8.56. The van der Waals surface area contributed by atoms with E-state index in [1.165, 1.54) is 10.9 Å². The molecule has 0 atom stereocenters. The van der Waals surface area contributed by atoms with Crippen molar-refractivity contribution in [1.82, 2.24) is 24.9 Å². The van der Waals surface area contributed by atoms with Gasteiger partial charge < -0.3 is 15.4 Å². The first-order chi connectivity index (χ1) is 11.8. The highest BCUT2D eigenvalue weighted by atomic mass is 79.9. The van der Waals surface area contributed by atoms with E-state index in [2.05, 4.69) is 47.4 Å². The van der Waals surface area contributed by atoms with Crippen LogP contribution in [0.4, 0.5) is 5.82 Å². The summed E-state index contributed by atoms with van der Waals surface area (Å²) in [5.41, 5.74) is 2.01. The Morgan fingerprint density at radius 1 is 1.32 bits per heavy atom. The third kappa shape index (κ3) is 5.11. The minimum atomic E-state index is -0.571.